The zero-order valence-electron chi connectivity index (χ0n) is 15.0. The molecule has 0 aliphatic rings. The van der Waals surface area contributed by atoms with E-state index < -0.39 is 23.9 Å². The predicted octanol–water partition coefficient (Wildman–Crippen LogP) is -11.3. The summed E-state index contributed by atoms with van der Waals surface area (Å²) in [5, 5.41) is 35.7. The van der Waals surface area contributed by atoms with Crippen molar-refractivity contribution in [2.24, 2.45) is 0 Å². The van der Waals surface area contributed by atoms with Crippen LogP contribution in [0.4, 0.5) is 11.6 Å². The quantitative estimate of drug-likeness (QED) is 0.195. The fourth-order valence-electron chi connectivity index (χ4n) is 0.832. The van der Waals surface area contributed by atoms with Crippen molar-refractivity contribution in [3.8, 4) is 0 Å². The Balaban J connectivity index is -0.0000000950. The number of carboxylic acids is 4. The number of nitrogen functional groups attached to an aromatic ring is 2. The fourth-order valence-corrected chi connectivity index (χ4v) is 0.832. The third kappa shape index (κ3) is 25.7. The first kappa shape index (κ1) is 37.4. The van der Waals surface area contributed by atoms with Gasteiger partial charge in [0.25, 0.3) is 0 Å². The molecule has 2 aromatic rings. The fraction of sp³-hybridized carbons (Fsp3) is 0. The Hall–Kier alpha value is -4.33. The van der Waals surface area contributed by atoms with E-state index in [1.807, 2.05) is 0 Å². The van der Waals surface area contributed by atoms with Crippen LogP contribution in [0.5, 0.6) is 0 Å². The van der Waals surface area contributed by atoms with Crippen molar-refractivity contribution in [2.75, 3.05) is 11.5 Å². The van der Waals surface area contributed by atoms with E-state index in [-0.39, 0.29) is 39.1 Å². The largest absolute Gasteiger partial charge is 2.00 e. The van der Waals surface area contributed by atoms with E-state index in [0.29, 0.717) is 11.6 Å². The minimum absolute atomic E-state index is 0. The van der Waals surface area contributed by atoms with Gasteiger partial charge in [0.15, 0.2) is 11.6 Å². The normalized spacial score (nSPS) is 7.48. The van der Waals surface area contributed by atoms with Gasteiger partial charge in [0, 0.05) is 12.1 Å². The van der Waals surface area contributed by atoms with Crippen LogP contribution >= 0.6 is 0 Å². The molecule has 0 aliphatic heterocycles. The molecule has 0 aromatic carbocycles. The smallest absolute Gasteiger partial charge is 0.543 e. The Morgan fingerprint density at radius 3 is 1.00 bits per heavy atom. The Morgan fingerprint density at radius 2 is 0.903 bits per heavy atom. The average molecular weight is 497 g/mol. The van der Waals surface area contributed by atoms with Gasteiger partial charge in [0.2, 0.25) is 0 Å². The summed E-state index contributed by atoms with van der Waals surface area (Å²) in [6.45, 7) is 0. The predicted molar refractivity (Wildman–Crippen MR) is 85.8 cm³/mol. The molecule has 0 aliphatic carbocycles. The van der Waals surface area contributed by atoms with Gasteiger partial charge >= 0.3 is 28.2 Å². The number of nitrogens with two attached hydrogens (primary N) is 2. The zero-order valence-corrected chi connectivity index (χ0v) is 16.1. The van der Waals surface area contributed by atoms with E-state index in [0.717, 1.165) is 0 Å². The number of aromatic amines is 4. The molecule has 1 radical (unpaired) electrons. The topological polar surface area (TPSA) is 373 Å². The molecule has 2 rings (SSSR count). The summed E-state index contributed by atoms with van der Waals surface area (Å²) in [4.78, 5) is 65.7. The summed E-state index contributed by atoms with van der Waals surface area (Å²) in [7, 11) is 0. The second kappa shape index (κ2) is 20.4. The van der Waals surface area contributed by atoms with Crippen LogP contribution in [0.25, 0.3) is 0 Å². The Labute approximate surface area is 180 Å². The van der Waals surface area contributed by atoms with Crippen molar-refractivity contribution in [1.29, 1.82) is 0 Å². The zero-order chi connectivity index (χ0) is 22.3. The van der Waals surface area contributed by atoms with Crippen LogP contribution in [0, 0.1) is 0 Å². The van der Waals surface area contributed by atoms with E-state index in [1.165, 1.54) is 12.4 Å². The third-order valence-electron chi connectivity index (χ3n) is 1.80. The molecule has 0 atom stereocenters. The number of aliphatic carboxylic acids is 4. The van der Waals surface area contributed by atoms with Crippen LogP contribution in [-0.4, -0.2) is 33.8 Å². The monoisotopic (exact) mass is 497 g/mol. The maximum Gasteiger partial charge on any atom is 2.00 e. The van der Waals surface area contributed by atoms with Gasteiger partial charge in [-0.15, -0.1) is 0 Å². The second-order valence-corrected chi connectivity index (χ2v) is 3.92. The van der Waals surface area contributed by atoms with Crippen LogP contribution < -0.4 is 53.2 Å². The van der Waals surface area contributed by atoms with Gasteiger partial charge in [-0.2, -0.15) is 19.6 Å². The maximum absolute atomic E-state index is 10.3. The molecule has 0 unspecified atom stereocenters. The minimum Gasteiger partial charge on any atom is -0.543 e. The summed E-state index contributed by atoms with van der Waals surface area (Å²) in [6.07, 6.45) is 2.96. The molecule has 0 spiro atoms. The van der Waals surface area contributed by atoms with E-state index in [2.05, 4.69) is 19.9 Å². The molecule has 0 saturated carbocycles. The van der Waals surface area contributed by atoms with Crippen LogP contribution in [-0.2, 0) is 46.9 Å². The third-order valence-corrected chi connectivity index (χ3v) is 1.80. The SMILES string of the molecule is Nc1cc[nH+]c(=O)[nH]1.Nc1cc[nH+]c(=O)[nH]1.O=C([O-])C(=O)[O-].O=C([O-])C(=O)[O-].[Co+2].[OH3+].[OH3+]. The number of H-pyrrole nitrogens is 4. The molecule has 0 bridgehead atoms. The number of carbonyl (C=O) groups excluding carboxylic acids is 4. The summed E-state index contributed by atoms with van der Waals surface area (Å²) in [5.41, 5.74) is 9.79. The molecule has 0 fully saturated rings. The minimum atomic E-state index is -2.19. The molecular weight excluding hydrogens is 479 g/mol. The summed E-state index contributed by atoms with van der Waals surface area (Å²) in [6, 6.07) is 3.14. The number of nitrogens with one attached hydrogen (secondary N) is 4. The van der Waals surface area contributed by atoms with Crippen molar-refractivity contribution in [2.45, 2.75) is 0 Å². The maximum atomic E-state index is 10.3. The molecule has 14 N–H and O–H groups in total. The molecule has 2 heterocycles. The number of anilines is 2. The molecule has 19 heteroatoms. The van der Waals surface area contributed by atoms with Crippen molar-refractivity contribution in [1.82, 2.24) is 9.97 Å². The van der Waals surface area contributed by atoms with Crippen LogP contribution in [0.2, 0.25) is 0 Å². The van der Waals surface area contributed by atoms with Gasteiger partial charge in [-0.25, -0.2) is 9.97 Å². The molecule has 31 heavy (non-hydrogen) atoms. The molecule has 175 valence electrons. The summed E-state index contributed by atoms with van der Waals surface area (Å²) < 4.78 is 0. The Bertz CT molecular complexity index is 831. The standard InChI is InChI=1S/2C4H5N3O.2C2H2O4.Co.2H2O/c2*5-3-1-2-6-4(8)7-3;2*3-1(4)2(5)6;;;/h2*1-2H,(H3,5,6,7,8);2*(H,3,4)(H,5,6);;2*1H2/q;;;;+2;;. The number of hydrogen-bond donors (Lipinski definition) is 4. The van der Waals surface area contributed by atoms with E-state index in [4.69, 9.17) is 51.1 Å². The van der Waals surface area contributed by atoms with Crippen molar-refractivity contribution >= 4 is 35.5 Å². The van der Waals surface area contributed by atoms with Gasteiger partial charge in [-0.05, 0) is 0 Å². The van der Waals surface area contributed by atoms with Crippen molar-refractivity contribution in [3.63, 3.8) is 0 Å². The Morgan fingerprint density at radius 1 is 0.677 bits per heavy atom. The van der Waals surface area contributed by atoms with Gasteiger partial charge in [-0.1, -0.05) is 0 Å². The average Bonchev–Trinajstić information content (AvgIpc) is 2.56. The molecule has 0 saturated heterocycles. The van der Waals surface area contributed by atoms with E-state index >= 15 is 0 Å². The van der Waals surface area contributed by atoms with Gasteiger partial charge in [-0.3, -0.25) is 0 Å². The van der Waals surface area contributed by atoms with Crippen molar-refractivity contribution in [3.05, 3.63) is 45.5 Å². The summed E-state index contributed by atoms with van der Waals surface area (Å²) >= 11 is 0. The van der Waals surface area contributed by atoms with Crippen molar-refractivity contribution < 1.29 is 77.3 Å². The van der Waals surface area contributed by atoms with Gasteiger partial charge < -0.3 is 62.0 Å². The van der Waals surface area contributed by atoms with E-state index in [1.54, 1.807) is 12.1 Å². The van der Waals surface area contributed by atoms with E-state index in [9.17, 15) is 9.59 Å². The van der Waals surface area contributed by atoms with Crippen LogP contribution in [0.1, 0.15) is 0 Å². The molecular formula is C12H18CoN6O12+2. The number of rotatable bonds is 0. The molecule has 2 aromatic heterocycles. The first-order chi connectivity index (χ1) is 12.9. The molecule has 0 amide bonds. The molecule has 18 nitrogen and oxygen atoms in total. The number of carboxylic acid groups (broad SMARTS) is 4. The Kier molecular flexibility index (Phi) is 24.6. The first-order valence-corrected chi connectivity index (χ1v) is 6.44. The number of carbonyl (C=O) groups is 4. The van der Waals surface area contributed by atoms with Crippen LogP contribution in [0.15, 0.2) is 34.1 Å². The number of aromatic nitrogens is 4. The number of hydrogen-bond acceptors (Lipinski definition) is 12. The van der Waals surface area contributed by atoms with Gasteiger partial charge in [0.1, 0.15) is 0 Å². The summed E-state index contributed by atoms with van der Waals surface area (Å²) in [5.74, 6) is -8.00. The first-order valence-electron chi connectivity index (χ1n) is 6.44. The van der Waals surface area contributed by atoms with Gasteiger partial charge in [0.05, 0.1) is 36.3 Å². The van der Waals surface area contributed by atoms with Crippen LogP contribution in [0.3, 0.4) is 0 Å². The second-order valence-electron chi connectivity index (χ2n) is 3.92.